The highest BCUT2D eigenvalue weighted by atomic mass is 28.3. The predicted octanol–water partition coefficient (Wildman–Crippen LogP) is 4.55. The van der Waals surface area contributed by atoms with E-state index < -0.39 is 14.8 Å². The zero-order valence-electron chi connectivity index (χ0n) is 15.9. The summed E-state index contributed by atoms with van der Waals surface area (Å²) < 4.78 is 17.3. The molecule has 0 saturated carbocycles. The highest BCUT2D eigenvalue weighted by Crippen LogP contribution is 2.43. The van der Waals surface area contributed by atoms with Gasteiger partial charge in [0.15, 0.2) is 8.24 Å². The minimum atomic E-state index is -2.36. The van der Waals surface area contributed by atoms with Crippen molar-refractivity contribution in [3.63, 3.8) is 0 Å². The lowest BCUT2D eigenvalue weighted by Crippen LogP contribution is -2.51. The zero-order chi connectivity index (χ0) is 17.6. The molecule has 4 heteroatoms. The van der Waals surface area contributed by atoms with Gasteiger partial charge in [0.05, 0.1) is 9.30 Å². The molecule has 0 unspecified atom stereocenters. The molecule has 2 rings (SSSR count). The molecule has 0 saturated heterocycles. The van der Waals surface area contributed by atoms with E-state index in [0.29, 0.717) is 16.6 Å². The first-order chi connectivity index (χ1) is 10.5. The molecular formula is C17H28N2OSi. The number of hydrogen-bond acceptors (Lipinski definition) is 2. The van der Waals surface area contributed by atoms with Crippen LogP contribution in [0.2, 0.25) is 16.6 Å². The van der Waals surface area contributed by atoms with Crippen LogP contribution in [0.1, 0.15) is 49.8 Å². The lowest BCUT2D eigenvalue weighted by atomic mass is 10.2. The van der Waals surface area contributed by atoms with Crippen molar-refractivity contribution in [1.29, 1.82) is 0 Å². The Bertz CT molecular complexity index is 668. The van der Waals surface area contributed by atoms with Gasteiger partial charge in [-0.25, -0.2) is 4.98 Å². The van der Waals surface area contributed by atoms with Crippen LogP contribution in [0.3, 0.4) is 0 Å². The van der Waals surface area contributed by atoms with Gasteiger partial charge in [-0.15, -0.1) is 0 Å². The van der Waals surface area contributed by atoms with Crippen LogP contribution in [0.5, 0.6) is 0 Å². The van der Waals surface area contributed by atoms with Crippen LogP contribution >= 0.6 is 0 Å². The maximum atomic E-state index is 9.58. The van der Waals surface area contributed by atoms with Crippen LogP contribution in [0.15, 0.2) is 24.5 Å². The molecule has 0 fully saturated rings. The Morgan fingerprint density at radius 1 is 1.19 bits per heavy atom. The molecule has 0 radical (unpaired) electrons. The van der Waals surface area contributed by atoms with Crippen molar-refractivity contribution in [1.82, 2.24) is 9.22 Å². The van der Waals surface area contributed by atoms with Crippen molar-refractivity contribution in [2.75, 3.05) is 0 Å². The van der Waals surface area contributed by atoms with Crippen molar-refractivity contribution in [2.45, 2.75) is 64.7 Å². The number of aliphatic hydroxyl groups is 1. The Kier molecular flexibility index (Phi) is 3.82. The second kappa shape index (κ2) is 5.93. The number of hydrogen-bond donors (Lipinski definition) is 1. The van der Waals surface area contributed by atoms with Crippen LogP contribution in [0.4, 0.5) is 0 Å². The Morgan fingerprint density at radius 2 is 1.76 bits per heavy atom. The Morgan fingerprint density at radius 3 is 2.24 bits per heavy atom. The Labute approximate surface area is 131 Å². The van der Waals surface area contributed by atoms with E-state index in [-0.39, 0.29) is 5.56 Å². The largest absolute Gasteiger partial charge is 0.392 e. The fraction of sp³-hybridized carbons (Fsp3) is 0.588. The van der Waals surface area contributed by atoms with Crippen LogP contribution in [0, 0.1) is 0 Å². The SMILES string of the molecule is [2H]C([2H])(O)c1cnc2c(ccn2[Si](C(C)C)(C(C)C)C(C)C)c1. The summed E-state index contributed by atoms with van der Waals surface area (Å²) in [6, 6.07) is 3.70. The molecule has 0 aliphatic carbocycles. The molecule has 0 bridgehead atoms. The second-order valence-electron chi connectivity index (χ2n) is 6.79. The summed E-state index contributed by atoms with van der Waals surface area (Å²) in [7, 11) is -1.88. The van der Waals surface area contributed by atoms with Crippen LogP contribution in [-0.2, 0) is 6.56 Å². The number of nitrogens with zero attached hydrogens (tertiary/aromatic N) is 2. The van der Waals surface area contributed by atoms with Gasteiger partial charge >= 0.3 is 0 Å². The van der Waals surface area contributed by atoms with E-state index in [1.54, 1.807) is 6.07 Å². The normalized spacial score (nSPS) is 15.1. The topological polar surface area (TPSA) is 38.1 Å². The number of fused-ring (bicyclic) bond motifs is 1. The average molecular weight is 307 g/mol. The Balaban J connectivity index is 2.71. The molecular weight excluding hydrogens is 276 g/mol. The number of aromatic nitrogens is 2. The minimum Gasteiger partial charge on any atom is -0.392 e. The first kappa shape index (κ1) is 13.5. The van der Waals surface area contributed by atoms with Gasteiger partial charge in [0.1, 0.15) is 5.65 Å². The van der Waals surface area contributed by atoms with Gasteiger partial charge in [0.25, 0.3) is 0 Å². The lowest BCUT2D eigenvalue weighted by molar-refractivity contribution is 0.281. The average Bonchev–Trinajstić information content (AvgIpc) is 2.80. The van der Waals surface area contributed by atoms with E-state index in [4.69, 9.17) is 2.74 Å². The molecule has 116 valence electrons. The van der Waals surface area contributed by atoms with Gasteiger partial charge in [-0.05, 0) is 40.5 Å². The van der Waals surface area contributed by atoms with E-state index in [9.17, 15) is 5.11 Å². The standard InChI is InChI=1S/C17H28N2OSi/c1-12(2)21(13(3)4,14(5)6)19-8-7-16-9-15(11-20)10-18-17(16)19/h7-10,12-14,20H,11H2,1-6H3/i11D2. The second-order valence-corrected chi connectivity index (χ2v) is 12.5. The molecule has 2 aromatic rings. The van der Waals surface area contributed by atoms with Gasteiger partial charge in [-0.3, -0.25) is 0 Å². The first-order valence-electron chi connectivity index (χ1n) is 8.73. The summed E-state index contributed by atoms with van der Waals surface area (Å²) in [4.78, 5) is 4.52. The molecule has 0 aliphatic rings. The highest BCUT2D eigenvalue weighted by Gasteiger charge is 2.45. The van der Waals surface area contributed by atoms with Gasteiger partial charge < -0.3 is 9.34 Å². The van der Waals surface area contributed by atoms with Crippen LogP contribution < -0.4 is 0 Å². The molecule has 0 aliphatic heterocycles. The van der Waals surface area contributed by atoms with Crippen LogP contribution in [-0.4, -0.2) is 22.6 Å². The van der Waals surface area contributed by atoms with Crippen molar-refractivity contribution < 1.29 is 7.85 Å². The molecule has 0 amide bonds. The fourth-order valence-corrected chi connectivity index (χ4v) is 10.8. The number of rotatable bonds is 5. The molecule has 0 aromatic carbocycles. The Hall–Kier alpha value is -1.13. The summed E-state index contributed by atoms with van der Waals surface area (Å²) in [5.74, 6) is 0. The summed E-state index contributed by atoms with van der Waals surface area (Å²) in [6.45, 7) is 11.5. The maximum Gasteiger partial charge on any atom is 0.171 e. The molecule has 3 nitrogen and oxygen atoms in total. The fourth-order valence-electron chi connectivity index (χ4n) is 4.23. The summed E-state index contributed by atoms with van der Waals surface area (Å²) in [6.07, 6.45) is 3.57. The minimum absolute atomic E-state index is 0.202. The van der Waals surface area contributed by atoms with Gasteiger partial charge in [-0.2, -0.15) is 0 Å². The van der Waals surface area contributed by atoms with Crippen molar-refractivity contribution in [3.8, 4) is 0 Å². The third kappa shape index (κ3) is 2.44. The van der Waals surface area contributed by atoms with Gasteiger partial charge in [0, 0.05) is 11.6 Å². The molecule has 2 aromatic heterocycles. The van der Waals surface area contributed by atoms with E-state index in [1.165, 1.54) is 6.20 Å². The molecule has 1 N–H and O–H groups in total. The van der Waals surface area contributed by atoms with Gasteiger partial charge in [-0.1, -0.05) is 41.5 Å². The lowest BCUT2D eigenvalue weighted by Gasteiger charge is -2.44. The first-order valence-corrected chi connectivity index (χ1v) is 9.91. The monoisotopic (exact) mass is 306 g/mol. The van der Waals surface area contributed by atoms with Crippen molar-refractivity contribution in [2.24, 2.45) is 0 Å². The van der Waals surface area contributed by atoms with E-state index in [0.717, 1.165) is 11.0 Å². The molecule has 0 spiro atoms. The third-order valence-corrected chi connectivity index (χ3v) is 11.6. The van der Waals surface area contributed by atoms with E-state index in [2.05, 4.69) is 57.0 Å². The molecule has 0 atom stereocenters. The quantitative estimate of drug-likeness (QED) is 0.823. The smallest absolute Gasteiger partial charge is 0.171 e. The van der Waals surface area contributed by atoms with E-state index in [1.807, 2.05) is 6.07 Å². The van der Waals surface area contributed by atoms with Crippen molar-refractivity contribution >= 4 is 19.3 Å². The zero-order valence-corrected chi connectivity index (χ0v) is 14.9. The predicted molar refractivity (Wildman–Crippen MR) is 92.1 cm³/mol. The van der Waals surface area contributed by atoms with Crippen molar-refractivity contribution in [3.05, 3.63) is 30.1 Å². The molecule has 21 heavy (non-hydrogen) atoms. The van der Waals surface area contributed by atoms with Crippen LogP contribution in [0.25, 0.3) is 11.0 Å². The summed E-state index contributed by atoms with van der Waals surface area (Å²) in [5, 5.41) is 10.5. The highest BCUT2D eigenvalue weighted by molar-refractivity contribution is 6.82. The van der Waals surface area contributed by atoms with Gasteiger partial charge in [0.2, 0.25) is 0 Å². The third-order valence-electron chi connectivity index (χ3n) is 4.85. The molecule has 2 heterocycles. The number of pyridine rings is 1. The van der Waals surface area contributed by atoms with E-state index >= 15 is 0 Å². The summed E-state index contributed by atoms with van der Waals surface area (Å²) in [5.41, 5.74) is 2.78. The summed E-state index contributed by atoms with van der Waals surface area (Å²) >= 11 is 0. The maximum absolute atomic E-state index is 9.58.